The molecule has 0 aliphatic heterocycles. The molecule has 0 aliphatic carbocycles. The summed E-state index contributed by atoms with van der Waals surface area (Å²) >= 11 is 0. The Morgan fingerprint density at radius 2 is 1.75 bits per heavy atom. The van der Waals surface area contributed by atoms with Gasteiger partial charge in [0.15, 0.2) is 0 Å². The maximum atomic E-state index is 14.0. The van der Waals surface area contributed by atoms with E-state index in [9.17, 15) is 36.7 Å². The Bertz CT molecular complexity index is 533. The van der Waals surface area contributed by atoms with Gasteiger partial charge in [0.25, 0.3) is 0 Å². The van der Waals surface area contributed by atoms with E-state index < -0.39 is 52.5 Å². The summed E-state index contributed by atoms with van der Waals surface area (Å²) in [7, 11) is -4.66. The minimum absolute atomic E-state index is 0.244. The molecule has 0 aromatic carbocycles. The van der Waals surface area contributed by atoms with Gasteiger partial charge in [-0.05, 0) is 13.8 Å². The summed E-state index contributed by atoms with van der Waals surface area (Å²) in [4.78, 5) is 46.4. The van der Waals surface area contributed by atoms with Gasteiger partial charge >= 0.3 is 35.0 Å². The quantitative estimate of drug-likeness (QED) is 0.143. The Morgan fingerprint density at radius 3 is 2.21 bits per heavy atom. The van der Waals surface area contributed by atoms with Crippen LogP contribution < -0.4 is 0 Å². The third kappa shape index (κ3) is 6.31. The summed E-state index contributed by atoms with van der Waals surface area (Å²) in [5, 5.41) is 8.15. The molecule has 0 aromatic rings. The largest absolute Gasteiger partial charge is 0.395 e. The van der Waals surface area contributed by atoms with Gasteiger partial charge in [0.2, 0.25) is 6.10 Å². The van der Waals surface area contributed by atoms with Crippen molar-refractivity contribution in [2.75, 3.05) is 6.61 Å². The molecule has 0 aliphatic rings. The zero-order chi connectivity index (χ0) is 19.0. The molecule has 0 saturated carbocycles. The van der Waals surface area contributed by atoms with E-state index in [0.29, 0.717) is 0 Å². The van der Waals surface area contributed by atoms with Gasteiger partial charge < -0.3 is 19.1 Å². The van der Waals surface area contributed by atoms with Gasteiger partial charge in [-0.3, -0.25) is 9.59 Å². The lowest BCUT2D eigenvalue weighted by molar-refractivity contribution is -0.349. The molecule has 0 aromatic heterocycles. The first-order chi connectivity index (χ1) is 11.0. The van der Waals surface area contributed by atoms with Crippen molar-refractivity contribution in [1.82, 2.24) is 0 Å². The molecule has 1 N–H and O–H groups in total. The number of carbonyl (C=O) groups is 3. The number of rotatable bonds is 12. The highest BCUT2D eigenvalue weighted by Gasteiger charge is 2.56. The molecular weight excluding hydrogens is 366 g/mol. The molecule has 0 spiro atoms. The average molecular weight is 380 g/mol. The molecule has 140 valence electrons. The van der Waals surface area contributed by atoms with E-state index in [-0.39, 0.29) is 6.47 Å². The predicted octanol–water partition coefficient (Wildman–Crippen LogP) is -1.16. The zero-order valence-corrected chi connectivity index (χ0v) is 13.1. The van der Waals surface area contributed by atoms with Crippen molar-refractivity contribution in [3.63, 3.8) is 0 Å². The smallest absolute Gasteiger partial charge is 0.387 e. The highest BCUT2D eigenvalue weighted by atomic mass is 32.2. The standard InChI is InChI=1S/C10H14F2O11S/c1-6(2)24(17,18)23-9(16)10(11,12)8(22-21-5-14)7(15)3-19-20-4-13/h4-8,15H,3H2,1-2H3/t7-,8-/m1/s1. The number of carbonyl (C=O) groups excluding carboxylic acids is 3. The van der Waals surface area contributed by atoms with Crippen LogP contribution in [0.15, 0.2) is 0 Å². The third-order valence-corrected chi connectivity index (χ3v) is 3.83. The molecule has 0 unspecified atom stereocenters. The molecule has 0 saturated heterocycles. The molecule has 0 fully saturated rings. The van der Waals surface area contributed by atoms with Gasteiger partial charge in [-0.2, -0.15) is 27.0 Å². The number of alkyl halides is 2. The van der Waals surface area contributed by atoms with Crippen molar-refractivity contribution in [3.05, 3.63) is 0 Å². The van der Waals surface area contributed by atoms with Crippen LogP contribution in [0, 0.1) is 0 Å². The summed E-state index contributed by atoms with van der Waals surface area (Å²) in [5.74, 6) is -7.37. The monoisotopic (exact) mass is 380 g/mol. The molecule has 24 heavy (non-hydrogen) atoms. The first kappa shape index (κ1) is 22.1. The van der Waals surface area contributed by atoms with Crippen molar-refractivity contribution in [2.45, 2.75) is 37.2 Å². The first-order valence-electron chi connectivity index (χ1n) is 6.02. The maximum absolute atomic E-state index is 14.0. The first-order valence-corrected chi connectivity index (χ1v) is 7.49. The highest BCUT2D eigenvalue weighted by molar-refractivity contribution is 7.87. The van der Waals surface area contributed by atoms with Crippen molar-refractivity contribution in [1.29, 1.82) is 0 Å². The molecule has 0 rings (SSSR count). The van der Waals surface area contributed by atoms with Crippen LogP contribution in [0.1, 0.15) is 13.8 Å². The number of hydrogen-bond acceptors (Lipinski definition) is 11. The lowest BCUT2D eigenvalue weighted by Crippen LogP contribution is -2.52. The number of aliphatic hydroxyl groups is 1. The topological polar surface area (TPSA) is 152 Å². The maximum Gasteiger partial charge on any atom is 0.395 e. The van der Waals surface area contributed by atoms with Crippen LogP contribution in [-0.2, 0) is 48.2 Å². The van der Waals surface area contributed by atoms with Gasteiger partial charge in [0.05, 0.1) is 5.25 Å². The number of halogens is 2. The summed E-state index contributed by atoms with van der Waals surface area (Å²) in [5.41, 5.74) is 0. The average Bonchev–Trinajstić information content (AvgIpc) is 2.47. The molecule has 0 amide bonds. The molecule has 11 nitrogen and oxygen atoms in total. The molecule has 0 heterocycles. The van der Waals surface area contributed by atoms with Crippen LogP contribution in [0.4, 0.5) is 8.78 Å². The second-order valence-electron chi connectivity index (χ2n) is 4.29. The minimum atomic E-state index is -4.78. The SMILES string of the molecule is CC(C)S(=O)(=O)OC(=O)C(F)(F)[C@H](OOC=O)[C@H](O)COOC=O. The highest BCUT2D eigenvalue weighted by Crippen LogP contribution is 2.27. The summed E-state index contributed by atoms with van der Waals surface area (Å²) in [6.45, 7) is 0.291. The summed E-state index contributed by atoms with van der Waals surface area (Å²) < 4.78 is 54.4. The predicted molar refractivity (Wildman–Crippen MR) is 66.2 cm³/mol. The van der Waals surface area contributed by atoms with E-state index in [1.807, 2.05) is 0 Å². The number of hydrogen-bond donors (Lipinski definition) is 1. The van der Waals surface area contributed by atoms with Gasteiger partial charge in [0.1, 0.15) is 12.7 Å². The molecule has 2 atom stereocenters. The van der Waals surface area contributed by atoms with Gasteiger partial charge in [-0.1, -0.05) is 0 Å². The fourth-order valence-electron chi connectivity index (χ4n) is 1.05. The second kappa shape index (κ2) is 9.41. The van der Waals surface area contributed by atoms with E-state index in [0.717, 1.165) is 13.8 Å². The van der Waals surface area contributed by atoms with Crippen LogP contribution in [0.3, 0.4) is 0 Å². The van der Waals surface area contributed by atoms with Crippen LogP contribution in [0.25, 0.3) is 0 Å². The summed E-state index contributed by atoms with van der Waals surface area (Å²) in [6.07, 6.45) is -5.32. The Morgan fingerprint density at radius 1 is 1.21 bits per heavy atom. The van der Waals surface area contributed by atoms with Crippen molar-refractivity contribution in [3.8, 4) is 0 Å². The zero-order valence-electron chi connectivity index (χ0n) is 12.3. The Kier molecular flexibility index (Phi) is 8.66. The Labute approximate surface area is 134 Å². The van der Waals surface area contributed by atoms with E-state index in [2.05, 4.69) is 23.7 Å². The van der Waals surface area contributed by atoms with Crippen molar-refractivity contribution in [2.24, 2.45) is 0 Å². The van der Waals surface area contributed by atoms with Crippen LogP contribution in [0.2, 0.25) is 0 Å². The van der Waals surface area contributed by atoms with E-state index in [1.165, 1.54) is 0 Å². The molecule has 0 bridgehead atoms. The van der Waals surface area contributed by atoms with Crippen LogP contribution in [-0.4, -0.2) is 62.4 Å². The third-order valence-electron chi connectivity index (χ3n) is 2.29. The van der Waals surface area contributed by atoms with Gasteiger partial charge in [-0.25, -0.2) is 4.79 Å². The van der Waals surface area contributed by atoms with Gasteiger partial charge in [-0.15, -0.1) is 0 Å². The Balaban J connectivity index is 5.28. The molecule has 0 radical (unpaired) electrons. The van der Waals surface area contributed by atoms with Crippen LogP contribution in [0.5, 0.6) is 0 Å². The normalized spacial score (nSPS) is 14.6. The van der Waals surface area contributed by atoms with Crippen molar-refractivity contribution < 1.29 is 60.4 Å². The van der Waals surface area contributed by atoms with E-state index in [4.69, 9.17) is 0 Å². The van der Waals surface area contributed by atoms with E-state index >= 15 is 0 Å². The minimum Gasteiger partial charge on any atom is -0.387 e. The fraction of sp³-hybridized carbons (Fsp3) is 0.700. The second-order valence-corrected chi connectivity index (χ2v) is 6.38. The summed E-state index contributed by atoms with van der Waals surface area (Å²) in [6, 6.07) is 0. The van der Waals surface area contributed by atoms with Crippen molar-refractivity contribution >= 4 is 29.0 Å². The lowest BCUT2D eigenvalue weighted by atomic mass is 10.1. The fourth-order valence-corrected chi connectivity index (χ4v) is 1.56. The lowest BCUT2D eigenvalue weighted by Gasteiger charge is -2.26. The molecular formula is C10H14F2O11S. The van der Waals surface area contributed by atoms with Crippen LogP contribution >= 0.6 is 0 Å². The number of aliphatic hydroxyl groups excluding tert-OH is 1. The Hall–Kier alpha value is -1.90. The van der Waals surface area contributed by atoms with E-state index in [1.54, 1.807) is 0 Å². The molecule has 14 heteroatoms. The van der Waals surface area contributed by atoms with Gasteiger partial charge in [0, 0.05) is 0 Å².